The number of hydrogen-bond acceptors (Lipinski definition) is 6. The van der Waals surface area contributed by atoms with Gasteiger partial charge in [-0.1, -0.05) is 53.7 Å². The molecule has 0 unspecified atom stereocenters. The number of thiophene rings is 1. The molecule has 2 aromatic carbocycles. The summed E-state index contributed by atoms with van der Waals surface area (Å²) in [4.78, 5) is 29.8. The van der Waals surface area contributed by atoms with Gasteiger partial charge >= 0.3 is 0 Å². The number of amides is 2. The van der Waals surface area contributed by atoms with Gasteiger partial charge in [-0.2, -0.15) is 0 Å². The molecule has 9 heteroatoms. The van der Waals surface area contributed by atoms with Crippen LogP contribution in [-0.4, -0.2) is 38.3 Å². The maximum atomic E-state index is 13.8. The first-order valence-electron chi connectivity index (χ1n) is 11.6. The zero-order chi connectivity index (χ0) is 24.7. The Morgan fingerprint density at radius 1 is 1.00 bits per heavy atom. The Balaban J connectivity index is 1.43. The molecule has 0 aliphatic carbocycles. The van der Waals surface area contributed by atoms with E-state index in [9.17, 15) is 9.59 Å². The Morgan fingerprint density at radius 2 is 1.83 bits per heavy atom. The molecule has 36 heavy (non-hydrogen) atoms. The quantitative estimate of drug-likeness (QED) is 0.311. The second kappa shape index (κ2) is 11.0. The number of aromatic nitrogens is 3. The summed E-state index contributed by atoms with van der Waals surface area (Å²) in [6.07, 6.45) is 2.17. The molecule has 0 aliphatic rings. The van der Waals surface area contributed by atoms with Crippen LogP contribution < -0.4 is 5.32 Å². The predicted molar refractivity (Wildman–Crippen MR) is 137 cm³/mol. The van der Waals surface area contributed by atoms with Crippen molar-refractivity contribution in [2.24, 2.45) is 0 Å². The lowest BCUT2D eigenvalue weighted by atomic mass is 10.1. The fourth-order valence-electron chi connectivity index (χ4n) is 4.10. The number of furan rings is 1. The Morgan fingerprint density at radius 3 is 2.61 bits per heavy atom. The minimum Gasteiger partial charge on any atom is -0.467 e. The summed E-state index contributed by atoms with van der Waals surface area (Å²) in [5.74, 6) is 0.163. The fraction of sp³-hybridized carbons (Fsp3) is 0.185. The number of rotatable bonds is 10. The highest BCUT2D eigenvalue weighted by Gasteiger charge is 2.32. The van der Waals surface area contributed by atoms with E-state index in [1.807, 2.05) is 72.1 Å². The standard InChI is InChI=1S/C27H25N5O3S/c33-25(19-32-23-12-5-4-11-22(23)29-30-32)31(15-14-20-8-2-1-3-9-20)26(24-13-7-17-36-24)27(34)28-18-21-10-6-16-35-21/h1-13,16-17,26H,14-15,18-19H2,(H,28,34)/t26-/m1/s1. The molecule has 8 nitrogen and oxygen atoms in total. The highest BCUT2D eigenvalue weighted by atomic mass is 32.1. The molecule has 2 amide bonds. The van der Waals surface area contributed by atoms with Crippen molar-refractivity contribution in [2.45, 2.75) is 25.6 Å². The van der Waals surface area contributed by atoms with Crippen LogP contribution in [-0.2, 0) is 29.1 Å². The van der Waals surface area contributed by atoms with Gasteiger partial charge in [0.15, 0.2) is 0 Å². The van der Waals surface area contributed by atoms with Gasteiger partial charge in [0.1, 0.15) is 23.9 Å². The SMILES string of the molecule is O=C(NCc1ccco1)[C@@H](c1cccs1)N(CCc1ccccc1)C(=O)Cn1nnc2ccccc21. The minimum absolute atomic E-state index is 0.0252. The zero-order valence-corrected chi connectivity index (χ0v) is 20.3. The van der Waals surface area contributed by atoms with Crippen molar-refractivity contribution in [2.75, 3.05) is 6.54 Å². The van der Waals surface area contributed by atoms with Crippen LogP contribution in [0, 0.1) is 0 Å². The van der Waals surface area contributed by atoms with E-state index in [-0.39, 0.29) is 24.9 Å². The van der Waals surface area contributed by atoms with Crippen molar-refractivity contribution in [1.29, 1.82) is 0 Å². The Labute approximate surface area is 212 Å². The lowest BCUT2D eigenvalue weighted by Crippen LogP contribution is -2.45. The molecule has 0 bridgehead atoms. The maximum Gasteiger partial charge on any atom is 0.248 e. The summed E-state index contributed by atoms with van der Waals surface area (Å²) in [5, 5.41) is 13.2. The molecule has 5 rings (SSSR count). The molecule has 0 fully saturated rings. The number of carbonyl (C=O) groups is 2. The second-order valence-electron chi connectivity index (χ2n) is 8.27. The molecule has 0 saturated carbocycles. The third kappa shape index (κ3) is 5.36. The molecule has 0 radical (unpaired) electrons. The highest BCUT2D eigenvalue weighted by molar-refractivity contribution is 7.10. The summed E-state index contributed by atoms with van der Waals surface area (Å²) in [7, 11) is 0. The van der Waals surface area contributed by atoms with Gasteiger partial charge in [-0.3, -0.25) is 9.59 Å². The van der Waals surface area contributed by atoms with E-state index in [1.54, 1.807) is 28.0 Å². The first kappa shape index (κ1) is 23.5. The fourth-order valence-corrected chi connectivity index (χ4v) is 4.93. The van der Waals surface area contributed by atoms with Crippen molar-refractivity contribution in [1.82, 2.24) is 25.2 Å². The normalized spacial score (nSPS) is 11.9. The molecular weight excluding hydrogens is 474 g/mol. The van der Waals surface area contributed by atoms with E-state index in [4.69, 9.17) is 4.42 Å². The molecule has 0 aliphatic heterocycles. The second-order valence-corrected chi connectivity index (χ2v) is 9.25. The van der Waals surface area contributed by atoms with E-state index >= 15 is 0 Å². The average molecular weight is 500 g/mol. The van der Waals surface area contributed by atoms with Gasteiger partial charge in [0.05, 0.1) is 18.3 Å². The summed E-state index contributed by atoms with van der Waals surface area (Å²) < 4.78 is 6.95. The summed E-state index contributed by atoms with van der Waals surface area (Å²) in [5.41, 5.74) is 2.57. The van der Waals surface area contributed by atoms with Crippen molar-refractivity contribution < 1.29 is 14.0 Å². The molecule has 182 valence electrons. The van der Waals surface area contributed by atoms with E-state index < -0.39 is 6.04 Å². The number of nitrogens with zero attached hydrogens (tertiary/aromatic N) is 4. The number of hydrogen-bond donors (Lipinski definition) is 1. The van der Waals surface area contributed by atoms with Gasteiger partial charge in [0.25, 0.3) is 0 Å². The van der Waals surface area contributed by atoms with Crippen LogP contribution in [0.3, 0.4) is 0 Å². The molecular formula is C27H25N5O3S. The lowest BCUT2D eigenvalue weighted by Gasteiger charge is -2.30. The van der Waals surface area contributed by atoms with Crippen molar-refractivity contribution in [3.8, 4) is 0 Å². The summed E-state index contributed by atoms with van der Waals surface area (Å²) in [6, 6.07) is 24.0. The first-order chi connectivity index (χ1) is 17.7. The molecule has 5 aromatic rings. The van der Waals surface area contributed by atoms with Crippen LogP contribution in [0.5, 0.6) is 0 Å². The van der Waals surface area contributed by atoms with Gasteiger partial charge in [-0.05, 0) is 47.7 Å². The van der Waals surface area contributed by atoms with Crippen molar-refractivity contribution in [3.05, 3.63) is 107 Å². The largest absolute Gasteiger partial charge is 0.467 e. The van der Waals surface area contributed by atoms with E-state index in [0.29, 0.717) is 24.2 Å². The maximum absolute atomic E-state index is 13.8. The van der Waals surface area contributed by atoms with Crippen LogP contribution in [0.15, 0.2) is 94.9 Å². The van der Waals surface area contributed by atoms with Crippen LogP contribution in [0.1, 0.15) is 22.2 Å². The number of carbonyl (C=O) groups excluding carboxylic acids is 2. The van der Waals surface area contributed by atoms with Gasteiger partial charge in [-0.15, -0.1) is 16.4 Å². The molecule has 3 heterocycles. The molecule has 1 N–H and O–H groups in total. The summed E-state index contributed by atoms with van der Waals surface area (Å²) >= 11 is 1.45. The topological polar surface area (TPSA) is 93.3 Å². The molecule has 0 saturated heterocycles. The number of benzene rings is 2. The van der Waals surface area contributed by atoms with Gasteiger partial charge in [0.2, 0.25) is 11.8 Å². The minimum atomic E-state index is -0.786. The van der Waals surface area contributed by atoms with E-state index in [0.717, 1.165) is 16.0 Å². The third-order valence-corrected chi connectivity index (χ3v) is 6.82. The average Bonchev–Trinajstić information content (AvgIpc) is 3.69. The van der Waals surface area contributed by atoms with Gasteiger partial charge < -0.3 is 14.6 Å². The highest BCUT2D eigenvalue weighted by Crippen LogP contribution is 2.27. The van der Waals surface area contributed by atoms with Crippen LogP contribution >= 0.6 is 11.3 Å². The molecule has 3 aromatic heterocycles. The monoisotopic (exact) mass is 499 g/mol. The van der Waals surface area contributed by atoms with Gasteiger partial charge in [0, 0.05) is 11.4 Å². The molecule has 0 spiro atoms. The number of para-hydroxylation sites is 1. The number of nitrogens with one attached hydrogen (secondary N) is 1. The Hall–Kier alpha value is -4.24. The third-order valence-electron chi connectivity index (χ3n) is 5.90. The smallest absolute Gasteiger partial charge is 0.248 e. The lowest BCUT2D eigenvalue weighted by molar-refractivity contribution is -0.141. The number of fused-ring (bicyclic) bond motifs is 1. The van der Waals surface area contributed by atoms with Crippen LogP contribution in [0.2, 0.25) is 0 Å². The zero-order valence-electron chi connectivity index (χ0n) is 19.5. The molecule has 1 atom stereocenters. The Kier molecular flexibility index (Phi) is 7.18. The first-order valence-corrected chi connectivity index (χ1v) is 12.5. The van der Waals surface area contributed by atoms with Crippen molar-refractivity contribution in [3.63, 3.8) is 0 Å². The van der Waals surface area contributed by atoms with Crippen molar-refractivity contribution >= 4 is 34.2 Å². The van der Waals surface area contributed by atoms with E-state index in [2.05, 4.69) is 15.6 Å². The van der Waals surface area contributed by atoms with Crippen LogP contribution in [0.4, 0.5) is 0 Å². The predicted octanol–water partition coefficient (Wildman–Crippen LogP) is 4.21. The van der Waals surface area contributed by atoms with E-state index in [1.165, 1.54) is 11.3 Å². The summed E-state index contributed by atoms with van der Waals surface area (Å²) in [6.45, 7) is 0.580. The van der Waals surface area contributed by atoms with Crippen LogP contribution in [0.25, 0.3) is 11.0 Å². The van der Waals surface area contributed by atoms with Gasteiger partial charge in [-0.25, -0.2) is 4.68 Å². The Bertz CT molecular complexity index is 1410.